The van der Waals surface area contributed by atoms with Crippen LogP contribution in [0, 0.1) is 0 Å². The molecule has 0 aromatic rings. The van der Waals surface area contributed by atoms with Crippen LogP contribution in [0.5, 0.6) is 0 Å². The van der Waals surface area contributed by atoms with Gasteiger partial charge in [0.05, 0.1) is 0 Å². The van der Waals surface area contributed by atoms with E-state index in [1.807, 2.05) is 0 Å². The molecule has 1 rings (SSSR count). The maximum absolute atomic E-state index is 8.66. The molecule has 0 bridgehead atoms. The summed E-state index contributed by atoms with van der Waals surface area (Å²) in [5, 5.41) is 12.3. The van der Waals surface area contributed by atoms with Crippen molar-refractivity contribution in [1.29, 1.82) is 0 Å². The summed E-state index contributed by atoms with van der Waals surface area (Å²) in [6, 6.07) is 0.739. The lowest BCUT2D eigenvalue weighted by molar-refractivity contribution is 0.282. The van der Waals surface area contributed by atoms with Crippen LogP contribution in [0.25, 0.3) is 0 Å². The molecule has 0 saturated carbocycles. The number of nitrogens with zero attached hydrogens (tertiary/aromatic N) is 1. The van der Waals surface area contributed by atoms with Gasteiger partial charge in [-0.05, 0) is 58.8 Å². The highest BCUT2D eigenvalue weighted by molar-refractivity contribution is 4.73. The summed E-state index contributed by atoms with van der Waals surface area (Å²) in [6.07, 6.45) is 8.61. The van der Waals surface area contributed by atoms with Gasteiger partial charge in [0.25, 0.3) is 0 Å². The third kappa shape index (κ3) is 6.46. The summed E-state index contributed by atoms with van der Waals surface area (Å²) in [5.41, 5.74) is 0. The van der Waals surface area contributed by atoms with Gasteiger partial charge in [0.1, 0.15) is 0 Å². The van der Waals surface area contributed by atoms with Crippen LogP contribution in [-0.4, -0.2) is 49.3 Å². The third-order valence-electron chi connectivity index (χ3n) is 3.47. The molecule has 1 aliphatic rings. The number of aliphatic hydroxyl groups is 1. The van der Waals surface area contributed by atoms with Crippen LogP contribution in [0.4, 0.5) is 0 Å². The second kappa shape index (κ2) is 8.97. The topological polar surface area (TPSA) is 35.5 Å². The van der Waals surface area contributed by atoms with Crippen molar-refractivity contribution in [3.05, 3.63) is 0 Å². The first-order valence-corrected chi connectivity index (χ1v) is 6.85. The molecule has 0 radical (unpaired) electrons. The summed E-state index contributed by atoms with van der Waals surface area (Å²) < 4.78 is 0. The molecular weight excluding hydrogens is 200 g/mol. The predicted octanol–water partition coefficient (Wildman–Crippen LogP) is 1.61. The van der Waals surface area contributed by atoms with Gasteiger partial charge >= 0.3 is 0 Å². The van der Waals surface area contributed by atoms with E-state index in [1.54, 1.807) is 0 Å². The first-order valence-electron chi connectivity index (χ1n) is 6.85. The van der Waals surface area contributed by atoms with Crippen molar-refractivity contribution in [2.45, 2.75) is 51.0 Å². The number of rotatable bonds is 7. The van der Waals surface area contributed by atoms with E-state index < -0.39 is 0 Å². The van der Waals surface area contributed by atoms with Crippen molar-refractivity contribution in [2.24, 2.45) is 0 Å². The molecule has 1 fully saturated rings. The number of nitrogens with one attached hydrogen (secondary N) is 1. The zero-order valence-electron chi connectivity index (χ0n) is 10.7. The molecule has 0 amide bonds. The molecule has 16 heavy (non-hydrogen) atoms. The molecule has 0 aliphatic carbocycles. The smallest absolute Gasteiger partial charge is 0.0431 e. The Kier molecular flexibility index (Phi) is 7.81. The fraction of sp³-hybridized carbons (Fsp3) is 1.00. The van der Waals surface area contributed by atoms with Crippen molar-refractivity contribution in [2.75, 3.05) is 33.3 Å². The largest absolute Gasteiger partial charge is 0.396 e. The minimum Gasteiger partial charge on any atom is -0.396 e. The number of aliphatic hydroxyl groups excluding tert-OH is 1. The first kappa shape index (κ1) is 13.9. The minimum absolute atomic E-state index is 0.350. The lowest BCUT2D eigenvalue weighted by atomic mass is 10.1. The summed E-state index contributed by atoms with van der Waals surface area (Å²) >= 11 is 0. The second-order valence-corrected chi connectivity index (χ2v) is 5.02. The lowest BCUT2D eigenvalue weighted by Crippen LogP contribution is -2.31. The molecular formula is C13H28N2O. The normalized spacial score (nSPS) is 23.2. The number of hydrogen-bond acceptors (Lipinski definition) is 3. The van der Waals surface area contributed by atoms with E-state index in [-0.39, 0.29) is 0 Å². The van der Waals surface area contributed by atoms with Gasteiger partial charge in [-0.3, -0.25) is 0 Å². The van der Waals surface area contributed by atoms with Crippen molar-refractivity contribution >= 4 is 0 Å². The van der Waals surface area contributed by atoms with E-state index in [4.69, 9.17) is 5.11 Å². The highest BCUT2D eigenvalue weighted by atomic mass is 16.2. The highest BCUT2D eigenvalue weighted by Crippen LogP contribution is 2.09. The van der Waals surface area contributed by atoms with Crippen LogP contribution in [0.2, 0.25) is 0 Å². The average Bonchev–Trinajstić information content (AvgIpc) is 2.49. The summed E-state index contributed by atoms with van der Waals surface area (Å²) in [7, 11) is 2.22. The summed E-state index contributed by atoms with van der Waals surface area (Å²) in [4.78, 5) is 2.43. The first-order chi connectivity index (χ1) is 7.83. The Hall–Kier alpha value is -0.120. The van der Waals surface area contributed by atoms with Gasteiger partial charge < -0.3 is 15.3 Å². The fourth-order valence-electron chi connectivity index (χ4n) is 2.34. The zero-order valence-corrected chi connectivity index (χ0v) is 10.7. The molecule has 0 aromatic carbocycles. The predicted molar refractivity (Wildman–Crippen MR) is 68.7 cm³/mol. The SMILES string of the molecule is CN1CCCC(NCCCCCCO)CC1. The monoisotopic (exact) mass is 228 g/mol. The van der Waals surface area contributed by atoms with Crippen molar-refractivity contribution < 1.29 is 5.11 Å². The maximum Gasteiger partial charge on any atom is 0.0431 e. The van der Waals surface area contributed by atoms with Gasteiger partial charge in [-0.1, -0.05) is 12.8 Å². The van der Waals surface area contributed by atoms with Gasteiger partial charge in [0.15, 0.2) is 0 Å². The number of unbranched alkanes of at least 4 members (excludes halogenated alkanes) is 3. The van der Waals surface area contributed by atoms with Crippen LogP contribution >= 0.6 is 0 Å². The molecule has 3 heteroatoms. The average molecular weight is 228 g/mol. The van der Waals surface area contributed by atoms with E-state index in [9.17, 15) is 0 Å². The number of hydrogen-bond donors (Lipinski definition) is 2. The molecule has 1 saturated heterocycles. The van der Waals surface area contributed by atoms with Crippen LogP contribution < -0.4 is 5.32 Å². The van der Waals surface area contributed by atoms with E-state index in [0.29, 0.717) is 6.61 Å². The highest BCUT2D eigenvalue weighted by Gasteiger charge is 2.13. The second-order valence-electron chi connectivity index (χ2n) is 5.02. The van der Waals surface area contributed by atoms with Gasteiger partial charge in [-0.2, -0.15) is 0 Å². The Morgan fingerprint density at radius 2 is 1.94 bits per heavy atom. The minimum atomic E-state index is 0.350. The molecule has 1 atom stereocenters. The van der Waals surface area contributed by atoms with Gasteiger partial charge in [-0.25, -0.2) is 0 Å². The van der Waals surface area contributed by atoms with E-state index >= 15 is 0 Å². The van der Waals surface area contributed by atoms with Crippen LogP contribution in [-0.2, 0) is 0 Å². The van der Waals surface area contributed by atoms with Gasteiger partial charge in [0.2, 0.25) is 0 Å². The fourth-order valence-corrected chi connectivity index (χ4v) is 2.34. The van der Waals surface area contributed by atoms with Crippen LogP contribution in [0.15, 0.2) is 0 Å². The molecule has 0 spiro atoms. The Morgan fingerprint density at radius 3 is 2.75 bits per heavy atom. The Morgan fingerprint density at radius 1 is 1.12 bits per heavy atom. The van der Waals surface area contributed by atoms with E-state index in [1.165, 1.54) is 51.6 Å². The molecule has 1 heterocycles. The molecule has 1 unspecified atom stereocenters. The molecule has 3 nitrogen and oxygen atoms in total. The molecule has 2 N–H and O–H groups in total. The van der Waals surface area contributed by atoms with Gasteiger partial charge in [-0.15, -0.1) is 0 Å². The number of likely N-dealkylation sites (tertiary alicyclic amines) is 1. The van der Waals surface area contributed by atoms with Crippen LogP contribution in [0.3, 0.4) is 0 Å². The van der Waals surface area contributed by atoms with Gasteiger partial charge in [0, 0.05) is 12.6 Å². The quantitative estimate of drug-likeness (QED) is 0.650. The Labute approximate surface area is 100 Å². The van der Waals surface area contributed by atoms with Crippen molar-refractivity contribution in [3.63, 3.8) is 0 Å². The third-order valence-corrected chi connectivity index (χ3v) is 3.47. The van der Waals surface area contributed by atoms with E-state index in [2.05, 4.69) is 17.3 Å². The zero-order chi connectivity index (χ0) is 11.6. The molecule has 1 aliphatic heterocycles. The lowest BCUT2D eigenvalue weighted by Gasteiger charge is -2.16. The molecule has 0 aromatic heterocycles. The van der Waals surface area contributed by atoms with E-state index in [0.717, 1.165) is 19.0 Å². The standard InChI is InChI=1S/C13H28N2O/c1-15-10-6-7-13(8-11-15)14-9-4-2-3-5-12-16/h13-14,16H,2-12H2,1H3. The van der Waals surface area contributed by atoms with Crippen molar-refractivity contribution in [1.82, 2.24) is 10.2 Å². The van der Waals surface area contributed by atoms with Crippen molar-refractivity contribution in [3.8, 4) is 0 Å². The Balaban J connectivity index is 1.95. The summed E-state index contributed by atoms with van der Waals surface area (Å²) in [5.74, 6) is 0. The van der Waals surface area contributed by atoms with Crippen LogP contribution in [0.1, 0.15) is 44.9 Å². The summed E-state index contributed by atoms with van der Waals surface area (Å²) in [6.45, 7) is 4.00. The Bertz CT molecular complexity index is 164. The molecule has 96 valence electrons. The maximum atomic E-state index is 8.66.